The summed E-state index contributed by atoms with van der Waals surface area (Å²) in [6.07, 6.45) is 4.53. The van der Waals surface area contributed by atoms with Crippen LogP contribution in [0.1, 0.15) is 0 Å². The monoisotopic (exact) mass is 301 g/mol. The summed E-state index contributed by atoms with van der Waals surface area (Å²) in [7, 11) is 0. The predicted octanol–water partition coefficient (Wildman–Crippen LogP) is 3.33. The third-order valence-corrected chi connectivity index (χ3v) is 3.17. The number of anilines is 2. The van der Waals surface area contributed by atoms with Crippen LogP contribution in [0.25, 0.3) is 10.8 Å². The van der Waals surface area contributed by atoms with Crippen molar-refractivity contribution in [1.29, 1.82) is 0 Å². The zero-order valence-electron chi connectivity index (χ0n) is 10.5. The molecule has 7 nitrogen and oxygen atoms in total. The van der Waals surface area contributed by atoms with Gasteiger partial charge in [0, 0.05) is 28.9 Å². The van der Waals surface area contributed by atoms with E-state index in [4.69, 9.17) is 11.6 Å². The van der Waals surface area contributed by atoms with Gasteiger partial charge in [-0.15, -0.1) is 0 Å². The average molecular weight is 302 g/mol. The second-order valence-electron chi connectivity index (χ2n) is 4.15. The van der Waals surface area contributed by atoms with E-state index in [0.717, 1.165) is 10.8 Å². The molecule has 1 aromatic carbocycles. The molecule has 1 N–H and O–H groups in total. The van der Waals surface area contributed by atoms with E-state index in [0.29, 0.717) is 5.69 Å². The van der Waals surface area contributed by atoms with Crippen molar-refractivity contribution >= 4 is 39.6 Å². The molecule has 3 aromatic rings. The lowest BCUT2D eigenvalue weighted by molar-refractivity contribution is -0.384. The summed E-state index contributed by atoms with van der Waals surface area (Å²) in [4.78, 5) is 22.0. The third kappa shape index (κ3) is 2.46. The quantitative estimate of drug-likeness (QED) is 0.453. The minimum atomic E-state index is -0.614. The molecule has 104 valence electrons. The highest BCUT2D eigenvalue weighted by Gasteiger charge is 2.21. The van der Waals surface area contributed by atoms with Gasteiger partial charge in [-0.3, -0.25) is 15.1 Å². The van der Waals surface area contributed by atoms with Crippen LogP contribution in [0.2, 0.25) is 5.15 Å². The van der Waals surface area contributed by atoms with Crippen LogP contribution in [0.15, 0.2) is 43.0 Å². The number of pyridine rings is 1. The minimum Gasteiger partial charge on any atom is -0.334 e. The Bertz CT molecular complexity index is 834. The normalized spacial score (nSPS) is 10.5. The van der Waals surface area contributed by atoms with Gasteiger partial charge >= 0.3 is 5.69 Å². The molecule has 0 bridgehead atoms. The molecule has 2 aromatic heterocycles. The van der Waals surface area contributed by atoms with Crippen LogP contribution in [0.4, 0.5) is 17.2 Å². The van der Waals surface area contributed by atoms with Crippen LogP contribution in [0, 0.1) is 10.1 Å². The first-order valence-corrected chi connectivity index (χ1v) is 6.29. The first-order chi connectivity index (χ1) is 10.2. The highest BCUT2D eigenvalue weighted by molar-refractivity contribution is 6.31. The lowest BCUT2D eigenvalue weighted by atomic mass is 10.1. The second-order valence-corrected chi connectivity index (χ2v) is 4.50. The number of benzene rings is 1. The fourth-order valence-electron chi connectivity index (χ4n) is 1.97. The van der Waals surface area contributed by atoms with Crippen molar-refractivity contribution in [2.45, 2.75) is 0 Å². The number of aromatic nitrogens is 3. The predicted molar refractivity (Wildman–Crippen MR) is 78.7 cm³/mol. The first kappa shape index (κ1) is 13.2. The van der Waals surface area contributed by atoms with Gasteiger partial charge in [-0.1, -0.05) is 23.7 Å². The van der Waals surface area contributed by atoms with E-state index in [1.165, 1.54) is 6.33 Å². The van der Waals surface area contributed by atoms with Crippen molar-refractivity contribution in [3.63, 3.8) is 0 Å². The van der Waals surface area contributed by atoms with Crippen LogP contribution >= 0.6 is 11.6 Å². The van der Waals surface area contributed by atoms with E-state index in [1.54, 1.807) is 18.5 Å². The molecule has 2 heterocycles. The van der Waals surface area contributed by atoms with Crippen molar-refractivity contribution < 1.29 is 4.92 Å². The van der Waals surface area contributed by atoms with Gasteiger partial charge in [-0.05, 0) is 12.1 Å². The van der Waals surface area contributed by atoms with E-state index >= 15 is 0 Å². The number of nitro groups is 1. The smallest absolute Gasteiger partial charge is 0.334 e. The molecule has 0 aliphatic heterocycles. The highest BCUT2D eigenvalue weighted by atomic mass is 35.5. The van der Waals surface area contributed by atoms with Gasteiger partial charge in [0.25, 0.3) is 0 Å². The standard InChI is InChI=1S/C13H8ClN5O2/c14-12-11(19(20)21)13(17-7-16-12)18-10-3-1-2-8-6-15-5-4-9(8)10/h1-7H,(H,16,17,18). The van der Waals surface area contributed by atoms with Gasteiger partial charge in [0.15, 0.2) is 0 Å². The van der Waals surface area contributed by atoms with Gasteiger partial charge in [0.1, 0.15) is 6.33 Å². The zero-order valence-corrected chi connectivity index (χ0v) is 11.3. The Labute approximate surface area is 123 Å². The lowest BCUT2D eigenvalue weighted by Gasteiger charge is -2.09. The summed E-state index contributed by atoms with van der Waals surface area (Å²) in [6, 6.07) is 7.32. The Balaban J connectivity index is 2.12. The maximum absolute atomic E-state index is 11.1. The second kappa shape index (κ2) is 5.29. The molecule has 0 spiro atoms. The van der Waals surface area contributed by atoms with Gasteiger partial charge < -0.3 is 5.32 Å². The maximum atomic E-state index is 11.1. The van der Waals surface area contributed by atoms with Crippen LogP contribution in [-0.2, 0) is 0 Å². The van der Waals surface area contributed by atoms with Crippen molar-refractivity contribution in [2.24, 2.45) is 0 Å². The minimum absolute atomic E-state index is 0.0457. The molecule has 0 radical (unpaired) electrons. The van der Waals surface area contributed by atoms with Gasteiger partial charge in [0.2, 0.25) is 11.0 Å². The molecule has 21 heavy (non-hydrogen) atoms. The Morgan fingerprint density at radius 2 is 2.10 bits per heavy atom. The molecule has 0 amide bonds. The molecule has 0 saturated heterocycles. The van der Waals surface area contributed by atoms with Crippen molar-refractivity contribution in [3.05, 3.63) is 58.3 Å². The summed E-state index contributed by atoms with van der Waals surface area (Å²) in [5.74, 6) is 0.0457. The van der Waals surface area contributed by atoms with E-state index in [-0.39, 0.29) is 16.7 Å². The van der Waals surface area contributed by atoms with Gasteiger partial charge in [-0.25, -0.2) is 9.97 Å². The van der Waals surface area contributed by atoms with E-state index in [2.05, 4.69) is 20.3 Å². The van der Waals surface area contributed by atoms with E-state index in [9.17, 15) is 10.1 Å². The molecule has 0 unspecified atom stereocenters. The summed E-state index contributed by atoms with van der Waals surface area (Å²) >= 11 is 5.77. The van der Waals surface area contributed by atoms with Crippen molar-refractivity contribution in [1.82, 2.24) is 15.0 Å². The van der Waals surface area contributed by atoms with Gasteiger partial charge in [-0.2, -0.15) is 0 Å². The largest absolute Gasteiger partial charge is 0.348 e. The van der Waals surface area contributed by atoms with Crippen LogP contribution < -0.4 is 5.32 Å². The molecular weight excluding hydrogens is 294 g/mol. The van der Waals surface area contributed by atoms with Crippen molar-refractivity contribution in [2.75, 3.05) is 5.32 Å². The number of hydrogen-bond donors (Lipinski definition) is 1. The van der Waals surface area contributed by atoms with Crippen LogP contribution in [0.3, 0.4) is 0 Å². The van der Waals surface area contributed by atoms with Gasteiger partial charge in [0.05, 0.1) is 4.92 Å². The number of hydrogen-bond acceptors (Lipinski definition) is 6. The maximum Gasteiger partial charge on any atom is 0.348 e. The Morgan fingerprint density at radius 1 is 1.24 bits per heavy atom. The number of halogens is 1. The molecule has 0 aliphatic rings. The molecule has 0 fully saturated rings. The summed E-state index contributed by atoms with van der Waals surface area (Å²) in [6.45, 7) is 0. The Kier molecular flexibility index (Phi) is 3.33. The molecule has 0 atom stereocenters. The number of nitrogens with one attached hydrogen (secondary N) is 1. The molecule has 0 aliphatic carbocycles. The van der Waals surface area contributed by atoms with Crippen molar-refractivity contribution in [3.8, 4) is 0 Å². The number of fused-ring (bicyclic) bond motifs is 1. The SMILES string of the molecule is O=[N+]([O-])c1c(Cl)ncnc1Nc1cccc2cnccc12. The average Bonchev–Trinajstić information content (AvgIpc) is 2.47. The molecule has 3 rings (SSSR count). The van der Waals surface area contributed by atoms with E-state index in [1.807, 2.05) is 18.2 Å². The zero-order chi connectivity index (χ0) is 14.8. The first-order valence-electron chi connectivity index (χ1n) is 5.91. The topological polar surface area (TPSA) is 93.8 Å². The summed E-state index contributed by atoms with van der Waals surface area (Å²) < 4.78 is 0. The third-order valence-electron chi connectivity index (χ3n) is 2.89. The number of rotatable bonds is 3. The lowest BCUT2D eigenvalue weighted by Crippen LogP contribution is -2.02. The fraction of sp³-hybridized carbons (Fsp3) is 0. The highest BCUT2D eigenvalue weighted by Crippen LogP contribution is 2.32. The van der Waals surface area contributed by atoms with Crippen LogP contribution in [-0.4, -0.2) is 19.9 Å². The Morgan fingerprint density at radius 3 is 2.90 bits per heavy atom. The number of nitrogens with zero attached hydrogens (tertiary/aromatic N) is 4. The summed E-state index contributed by atoms with van der Waals surface area (Å²) in [5, 5.41) is 15.6. The molecule has 8 heteroatoms. The summed E-state index contributed by atoms with van der Waals surface area (Å²) in [5.41, 5.74) is 0.318. The van der Waals surface area contributed by atoms with Crippen LogP contribution in [0.5, 0.6) is 0 Å². The molecule has 0 saturated carbocycles. The fourth-order valence-corrected chi connectivity index (χ4v) is 2.17. The Hall–Kier alpha value is -2.80. The van der Waals surface area contributed by atoms with E-state index < -0.39 is 4.92 Å². The molecular formula is C13H8ClN5O2.